The van der Waals surface area contributed by atoms with Crippen molar-refractivity contribution in [1.29, 1.82) is 5.26 Å². The lowest BCUT2D eigenvalue weighted by Gasteiger charge is -2.23. The van der Waals surface area contributed by atoms with Crippen LogP contribution in [0.1, 0.15) is 45.4 Å². The topological polar surface area (TPSA) is 70.3 Å². The number of nitriles is 1. The van der Waals surface area contributed by atoms with E-state index < -0.39 is 11.6 Å². The number of carboxylic acids is 1. The average molecular weight is 289 g/mol. The number of unbranched alkanes of at least 4 members (excludes halogenated alkanes) is 4. The Balaban J connectivity index is 2.09. The predicted octanol–water partition coefficient (Wildman–Crippen LogP) is 3.76. The van der Waals surface area contributed by atoms with Crippen molar-refractivity contribution in [3.63, 3.8) is 0 Å². The molecule has 1 unspecified atom stereocenters. The van der Waals surface area contributed by atoms with E-state index in [0.717, 1.165) is 32.1 Å². The third-order valence-corrected chi connectivity index (χ3v) is 3.47. The number of rotatable bonds is 9. The van der Waals surface area contributed by atoms with Gasteiger partial charge in [-0.25, -0.2) is 4.79 Å². The molecule has 1 aliphatic rings. The third-order valence-electron chi connectivity index (χ3n) is 3.47. The van der Waals surface area contributed by atoms with E-state index in [1.807, 2.05) is 24.3 Å². The Labute approximate surface area is 126 Å². The van der Waals surface area contributed by atoms with Crippen molar-refractivity contribution in [2.75, 3.05) is 6.61 Å². The molecule has 0 aromatic heterocycles. The number of carboxylic acid groups (broad SMARTS) is 1. The van der Waals surface area contributed by atoms with Gasteiger partial charge in [-0.2, -0.15) is 5.26 Å². The molecule has 1 aliphatic carbocycles. The van der Waals surface area contributed by atoms with Gasteiger partial charge >= 0.3 is 5.97 Å². The van der Waals surface area contributed by atoms with Crippen molar-refractivity contribution < 1.29 is 14.6 Å². The molecule has 0 aromatic rings. The predicted molar refractivity (Wildman–Crippen MR) is 81.7 cm³/mol. The minimum absolute atomic E-state index is 0.409. The first-order valence-corrected chi connectivity index (χ1v) is 7.39. The molecule has 0 heterocycles. The van der Waals surface area contributed by atoms with Crippen LogP contribution < -0.4 is 0 Å². The highest BCUT2D eigenvalue weighted by atomic mass is 16.5. The minimum atomic E-state index is -0.847. The van der Waals surface area contributed by atoms with E-state index >= 15 is 0 Å². The second-order valence-electron chi connectivity index (χ2n) is 5.24. The van der Waals surface area contributed by atoms with Gasteiger partial charge in [0.15, 0.2) is 5.60 Å². The van der Waals surface area contributed by atoms with Gasteiger partial charge in [0.05, 0.1) is 0 Å². The molecule has 0 saturated carbocycles. The van der Waals surface area contributed by atoms with Crippen molar-refractivity contribution in [3.05, 3.63) is 36.0 Å². The Morgan fingerprint density at radius 2 is 2.14 bits per heavy atom. The van der Waals surface area contributed by atoms with Crippen LogP contribution in [0, 0.1) is 11.3 Å². The fraction of sp³-hybridized carbons (Fsp3) is 0.529. The summed E-state index contributed by atoms with van der Waals surface area (Å²) in [6, 6.07) is 2.23. The normalized spacial score (nSPS) is 21.2. The summed E-state index contributed by atoms with van der Waals surface area (Å²) in [5, 5.41) is 17.9. The summed E-state index contributed by atoms with van der Waals surface area (Å²) in [5.41, 5.74) is -0.373. The first kappa shape index (κ1) is 17.2. The minimum Gasteiger partial charge on any atom is -0.478 e. The lowest BCUT2D eigenvalue weighted by molar-refractivity contribution is -0.132. The van der Waals surface area contributed by atoms with Crippen LogP contribution in [0.3, 0.4) is 0 Å². The fourth-order valence-electron chi connectivity index (χ4n) is 2.08. The zero-order valence-corrected chi connectivity index (χ0v) is 12.5. The highest BCUT2D eigenvalue weighted by Gasteiger charge is 2.27. The smallest absolute Gasteiger partial charge is 0.330 e. The number of aliphatic carboxylic acids is 1. The van der Waals surface area contributed by atoms with Crippen LogP contribution in [-0.4, -0.2) is 23.3 Å². The van der Waals surface area contributed by atoms with Gasteiger partial charge in [0.2, 0.25) is 0 Å². The standard InChI is InChI=1S/C17H23NO3/c1-15(16(19)20)10-6-3-2-4-9-13-21-17(14-18)11-7-5-8-12-17/h5,7-8,10-11H,2-4,6,9,12-13H2,1H3,(H,19,20). The van der Waals surface area contributed by atoms with Crippen LogP contribution in [0.2, 0.25) is 0 Å². The number of hydrogen-bond donors (Lipinski definition) is 1. The summed E-state index contributed by atoms with van der Waals surface area (Å²) in [6.45, 7) is 2.19. The van der Waals surface area contributed by atoms with Gasteiger partial charge in [-0.15, -0.1) is 0 Å². The van der Waals surface area contributed by atoms with Crippen molar-refractivity contribution in [3.8, 4) is 6.07 Å². The third kappa shape index (κ3) is 6.42. The molecule has 21 heavy (non-hydrogen) atoms. The first-order valence-electron chi connectivity index (χ1n) is 7.39. The maximum Gasteiger partial charge on any atom is 0.330 e. The summed E-state index contributed by atoms with van der Waals surface area (Å²) in [7, 11) is 0. The van der Waals surface area contributed by atoms with Gasteiger partial charge in [0.25, 0.3) is 0 Å². The largest absolute Gasteiger partial charge is 0.478 e. The van der Waals surface area contributed by atoms with Crippen LogP contribution in [-0.2, 0) is 9.53 Å². The van der Waals surface area contributed by atoms with Gasteiger partial charge in [-0.1, -0.05) is 37.1 Å². The summed E-state index contributed by atoms with van der Waals surface area (Å²) < 4.78 is 5.71. The lowest BCUT2D eigenvalue weighted by atomic mass is 9.97. The molecule has 0 radical (unpaired) electrons. The van der Waals surface area contributed by atoms with E-state index in [1.165, 1.54) is 0 Å². The van der Waals surface area contributed by atoms with Gasteiger partial charge in [-0.05, 0) is 32.3 Å². The number of allylic oxidation sites excluding steroid dienone is 3. The van der Waals surface area contributed by atoms with Crippen LogP contribution >= 0.6 is 0 Å². The molecule has 1 atom stereocenters. The monoisotopic (exact) mass is 289 g/mol. The molecule has 0 saturated heterocycles. The Bertz CT molecular complexity index is 471. The molecular formula is C17H23NO3. The van der Waals surface area contributed by atoms with Crippen molar-refractivity contribution in [2.24, 2.45) is 0 Å². The maximum atomic E-state index is 10.6. The Kier molecular flexibility index (Phi) is 7.49. The Morgan fingerprint density at radius 3 is 2.76 bits per heavy atom. The van der Waals surface area contributed by atoms with Crippen LogP contribution in [0.4, 0.5) is 0 Å². The van der Waals surface area contributed by atoms with Crippen molar-refractivity contribution in [1.82, 2.24) is 0 Å². The zero-order valence-electron chi connectivity index (χ0n) is 12.5. The number of ether oxygens (including phenoxy) is 1. The average Bonchev–Trinajstić information content (AvgIpc) is 2.50. The van der Waals surface area contributed by atoms with E-state index in [9.17, 15) is 10.1 Å². The molecule has 1 N–H and O–H groups in total. The van der Waals surface area contributed by atoms with Crippen molar-refractivity contribution >= 4 is 5.97 Å². The molecule has 0 fully saturated rings. The lowest BCUT2D eigenvalue weighted by Crippen LogP contribution is -2.29. The number of nitrogens with zero attached hydrogens (tertiary/aromatic N) is 1. The van der Waals surface area contributed by atoms with E-state index in [-0.39, 0.29) is 0 Å². The van der Waals surface area contributed by atoms with Gasteiger partial charge in [-0.3, -0.25) is 0 Å². The first-order chi connectivity index (χ1) is 10.1. The van der Waals surface area contributed by atoms with Crippen LogP contribution in [0.15, 0.2) is 36.0 Å². The van der Waals surface area contributed by atoms with E-state index in [2.05, 4.69) is 6.07 Å². The van der Waals surface area contributed by atoms with Crippen molar-refractivity contribution in [2.45, 2.75) is 51.0 Å². The molecule has 0 spiro atoms. The molecule has 0 bridgehead atoms. The summed E-state index contributed by atoms with van der Waals surface area (Å²) in [5.74, 6) is -0.847. The molecule has 4 heteroatoms. The fourth-order valence-corrected chi connectivity index (χ4v) is 2.08. The van der Waals surface area contributed by atoms with E-state index in [0.29, 0.717) is 18.6 Å². The molecule has 4 nitrogen and oxygen atoms in total. The molecule has 0 aliphatic heterocycles. The Hall–Kier alpha value is -1.86. The SMILES string of the molecule is CC(=CCCCCCCOC1(C#N)C=CC=CC1)C(=O)O. The van der Waals surface area contributed by atoms with Crippen LogP contribution in [0.25, 0.3) is 0 Å². The second kappa shape index (κ2) is 9.15. The number of hydrogen-bond acceptors (Lipinski definition) is 3. The zero-order chi connectivity index (χ0) is 15.6. The molecule has 1 rings (SSSR count). The van der Waals surface area contributed by atoms with Gasteiger partial charge in [0.1, 0.15) is 6.07 Å². The summed E-state index contributed by atoms with van der Waals surface area (Å²) in [4.78, 5) is 10.6. The quantitative estimate of drug-likeness (QED) is 0.518. The summed E-state index contributed by atoms with van der Waals surface area (Å²) in [6.07, 6.45) is 14.7. The highest BCUT2D eigenvalue weighted by molar-refractivity contribution is 5.85. The number of carbonyl (C=O) groups is 1. The molecule has 0 amide bonds. The van der Waals surface area contributed by atoms with Gasteiger partial charge < -0.3 is 9.84 Å². The maximum absolute atomic E-state index is 10.6. The van der Waals surface area contributed by atoms with E-state index in [1.54, 1.807) is 13.0 Å². The Morgan fingerprint density at radius 1 is 1.38 bits per heavy atom. The van der Waals surface area contributed by atoms with E-state index in [4.69, 9.17) is 9.84 Å². The molecule has 0 aromatic carbocycles. The molecular weight excluding hydrogens is 266 g/mol. The van der Waals surface area contributed by atoms with Crippen LogP contribution in [0.5, 0.6) is 0 Å². The van der Waals surface area contributed by atoms with Gasteiger partial charge in [0, 0.05) is 18.6 Å². The molecule has 114 valence electrons. The highest BCUT2D eigenvalue weighted by Crippen LogP contribution is 2.22. The summed E-state index contributed by atoms with van der Waals surface area (Å²) >= 11 is 0. The second-order valence-corrected chi connectivity index (χ2v) is 5.24.